The maximum atomic E-state index is 14.3. The molecule has 0 saturated heterocycles. The van der Waals surface area contributed by atoms with E-state index in [0.29, 0.717) is 29.5 Å². The van der Waals surface area contributed by atoms with Gasteiger partial charge >= 0.3 is 0 Å². The normalized spacial score (nSPS) is 13.9. The molecule has 1 atom stereocenters. The van der Waals surface area contributed by atoms with Gasteiger partial charge in [-0.2, -0.15) is 0 Å². The molecule has 0 aliphatic carbocycles. The molecule has 0 aliphatic heterocycles. The third kappa shape index (κ3) is 7.80. The van der Waals surface area contributed by atoms with Gasteiger partial charge in [0.2, 0.25) is 0 Å². The average molecular weight is 494 g/mol. The number of benzene rings is 2. The Morgan fingerprint density at radius 3 is 2.36 bits per heavy atom. The number of allylic oxidation sites excluding steroid dienone is 2. The molecule has 1 unspecified atom stereocenters. The van der Waals surface area contributed by atoms with E-state index >= 15 is 0 Å². The number of amidine groups is 1. The van der Waals surface area contributed by atoms with E-state index in [-0.39, 0.29) is 16.9 Å². The summed E-state index contributed by atoms with van der Waals surface area (Å²) in [5, 5.41) is 3.26. The van der Waals surface area contributed by atoms with Crippen LogP contribution in [0.5, 0.6) is 0 Å². The van der Waals surface area contributed by atoms with Crippen molar-refractivity contribution in [2.75, 3.05) is 5.32 Å². The first-order valence-electron chi connectivity index (χ1n) is 12.3. The van der Waals surface area contributed by atoms with Crippen LogP contribution in [-0.2, 0) is 0 Å². The molecule has 6 heteroatoms. The van der Waals surface area contributed by atoms with E-state index in [2.05, 4.69) is 29.1 Å². The minimum absolute atomic E-state index is 0.153. The first kappa shape index (κ1) is 28.8. The highest BCUT2D eigenvalue weighted by molar-refractivity contribution is 6.45. The highest BCUT2D eigenvalue weighted by atomic mass is 19.2. The second-order valence-corrected chi connectivity index (χ2v) is 9.17. The number of carbonyl (C=O) groups excluding carboxylic acids is 1. The molecule has 0 aromatic heterocycles. The lowest BCUT2D eigenvalue weighted by Gasteiger charge is -2.13. The van der Waals surface area contributed by atoms with Gasteiger partial charge in [-0.25, -0.2) is 13.8 Å². The third-order valence-electron chi connectivity index (χ3n) is 6.20. The van der Waals surface area contributed by atoms with E-state index in [1.54, 1.807) is 38.3 Å². The summed E-state index contributed by atoms with van der Waals surface area (Å²) in [7, 11) is 0. The summed E-state index contributed by atoms with van der Waals surface area (Å²) in [6.45, 7) is 13.1. The third-order valence-corrected chi connectivity index (χ3v) is 6.20. The number of Topliss-reactive ketones (excluding diaryl/α,β-unsaturated/α-hetero) is 1. The Bertz CT molecular complexity index is 1210. The van der Waals surface area contributed by atoms with Crippen LogP contribution in [0.15, 0.2) is 58.8 Å². The predicted octanol–water partition coefficient (Wildman–Crippen LogP) is 8.46. The van der Waals surface area contributed by atoms with Crippen LogP contribution < -0.4 is 5.32 Å². The van der Waals surface area contributed by atoms with Gasteiger partial charge in [0.05, 0.1) is 5.71 Å². The van der Waals surface area contributed by atoms with Gasteiger partial charge in [0.1, 0.15) is 0 Å². The van der Waals surface area contributed by atoms with Crippen LogP contribution in [0.4, 0.5) is 14.5 Å². The lowest BCUT2D eigenvalue weighted by Crippen LogP contribution is -2.20. The minimum atomic E-state index is -0.883. The van der Waals surface area contributed by atoms with Crippen LogP contribution in [-0.4, -0.2) is 17.3 Å². The summed E-state index contributed by atoms with van der Waals surface area (Å²) in [6, 6.07) is 8.71. The zero-order valence-corrected chi connectivity index (χ0v) is 22.4. The first-order chi connectivity index (χ1) is 17.1. The van der Waals surface area contributed by atoms with Crippen molar-refractivity contribution in [1.82, 2.24) is 0 Å². The summed E-state index contributed by atoms with van der Waals surface area (Å²) in [5.74, 6) is -0.549. The van der Waals surface area contributed by atoms with Crippen molar-refractivity contribution >= 4 is 28.6 Å². The number of carbonyl (C=O) groups is 1. The lowest BCUT2D eigenvalue weighted by atomic mass is 9.96. The Hall–Kier alpha value is -3.41. The highest BCUT2D eigenvalue weighted by Crippen LogP contribution is 2.23. The number of hydrogen-bond donors (Lipinski definition) is 1. The molecule has 1 N–H and O–H groups in total. The van der Waals surface area contributed by atoms with E-state index in [1.165, 1.54) is 13.1 Å². The van der Waals surface area contributed by atoms with E-state index < -0.39 is 11.6 Å². The Kier molecular flexibility index (Phi) is 10.9. The standard InChI is InChI=1S/C30H37F2N3O/c1-8-16-33-30(23(7)34-18-22(6)26-13-11-20(4)28(31)29(26)32)35-24-12-14-25(21(5)17-24)27(36)15-10-19(3)9-2/h8,11-14,16-19H,9-10,15H2,1-7H3,(H,33,35)/b16-8-,22-18+,34-23?. The number of nitrogens with one attached hydrogen (secondary N) is 1. The number of nitrogens with zero attached hydrogens (tertiary/aromatic N) is 2. The second kappa shape index (κ2) is 13.6. The van der Waals surface area contributed by atoms with Crippen LogP contribution in [0, 0.1) is 31.4 Å². The van der Waals surface area contributed by atoms with Crippen molar-refractivity contribution in [3.63, 3.8) is 0 Å². The number of ketones is 1. The monoisotopic (exact) mass is 493 g/mol. The predicted molar refractivity (Wildman–Crippen MR) is 148 cm³/mol. The number of rotatable bonds is 10. The molecule has 0 amide bonds. The molecule has 0 saturated carbocycles. The summed E-state index contributed by atoms with van der Waals surface area (Å²) in [4.78, 5) is 21.6. The molecule has 192 valence electrons. The smallest absolute Gasteiger partial charge is 0.166 e. The van der Waals surface area contributed by atoms with Crippen molar-refractivity contribution in [2.24, 2.45) is 15.9 Å². The molecule has 0 bridgehead atoms. The average Bonchev–Trinajstić information content (AvgIpc) is 2.86. The Balaban J connectivity index is 2.26. The quantitative estimate of drug-likeness (QED) is 0.205. The fourth-order valence-electron chi connectivity index (χ4n) is 3.55. The summed E-state index contributed by atoms with van der Waals surface area (Å²) >= 11 is 0. The van der Waals surface area contributed by atoms with Crippen molar-refractivity contribution < 1.29 is 13.6 Å². The number of anilines is 1. The summed E-state index contributed by atoms with van der Waals surface area (Å²) in [5.41, 5.74) is 3.87. The Labute approximate surface area is 214 Å². The van der Waals surface area contributed by atoms with Gasteiger partial charge in [-0.05, 0) is 81.9 Å². The van der Waals surface area contributed by atoms with Crippen LogP contribution in [0.3, 0.4) is 0 Å². The van der Waals surface area contributed by atoms with Crippen LogP contribution in [0.25, 0.3) is 5.57 Å². The van der Waals surface area contributed by atoms with Crippen molar-refractivity contribution in [1.29, 1.82) is 0 Å². The fraction of sp³-hybridized carbons (Fsp3) is 0.367. The number of aliphatic imine (C=N–C) groups is 2. The van der Waals surface area contributed by atoms with E-state index in [4.69, 9.17) is 0 Å². The lowest BCUT2D eigenvalue weighted by molar-refractivity contribution is 0.0973. The Morgan fingerprint density at radius 2 is 1.72 bits per heavy atom. The largest absolute Gasteiger partial charge is 0.339 e. The molecule has 2 aromatic rings. The molecule has 0 fully saturated rings. The topological polar surface area (TPSA) is 53.8 Å². The van der Waals surface area contributed by atoms with Gasteiger partial charge in [-0.3, -0.25) is 9.79 Å². The van der Waals surface area contributed by atoms with Crippen molar-refractivity contribution in [3.05, 3.63) is 82.7 Å². The van der Waals surface area contributed by atoms with Crippen LogP contribution in [0.2, 0.25) is 0 Å². The van der Waals surface area contributed by atoms with E-state index in [9.17, 15) is 13.6 Å². The van der Waals surface area contributed by atoms with Crippen LogP contribution in [0.1, 0.15) is 80.9 Å². The fourth-order valence-corrected chi connectivity index (χ4v) is 3.55. The van der Waals surface area contributed by atoms with E-state index in [0.717, 1.165) is 29.7 Å². The molecule has 0 heterocycles. The number of hydrogen-bond acceptors (Lipinski definition) is 3. The first-order valence-corrected chi connectivity index (χ1v) is 12.3. The molecular weight excluding hydrogens is 456 g/mol. The number of aryl methyl sites for hydroxylation is 2. The molecule has 2 aromatic carbocycles. The highest BCUT2D eigenvalue weighted by Gasteiger charge is 2.14. The maximum absolute atomic E-state index is 14.3. The zero-order valence-electron chi connectivity index (χ0n) is 22.4. The van der Waals surface area contributed by atoms with Gasteiger partial charge in [-0.1, -0.05) is 38.5 Å². The second-order valence-electron chi connectivity index (χ2n) is 9.17. The summed E-state index contributed by atoms with van der Waals surface area (Å²) in [6.07, 6.45) is 7.43. The molecule has 0 radical (unpaired) electrons. The minimum Gasteiger partial charge on any atom is -0.339 e. The molecule has 36 heavy (non-hydrogen) atoms. The van der Waals surface area contributed by atoms with Crippen LogP contribution >= 0.6 is 0 Å². The Morgan fingerprint density at radius 1 is 1.03 bits per heavy atom. The van der Waals surface area contributed by atoms with Gasteiger partial charge in [-0.15, -0.1) is 0 Å². The zero-order chi connectivity index (χ0) is 26.8. The number of halogens is 2. The van der Waals surface area contributed by atoms with Gasteiger partial charge in [0.15, 0.2) is 23.3 Å². The van der Waals surface area contributed by atoms with Crippen molar-refractivity contribution in [3.8, 4) is 0 Å². The van der Waals surface area contributed by atoms with Gasteiger partial charge < -0.3 is 5.32 Å². The van der Waals surface area contributed by atoms with E-state index in [1.807, 2.05) is 32.0 Å². The molecule has 0 aliphatic rings. The molecule has 4 nitrogen and oxygen atoms in total. The maximum Gasteiger partial charge on any atom is 0.166 e. The molecule has 0 spiro atoms. The molecule has 2 rings (SSSR count). The van der Waals surface area contributed by atoms with Crippen molar-refractivity contribution in [2.45, 2.75) is 67.7 Å². The molecular formula is C30H37F2N3O. The SMILES string of the molecule is C/C=C\N=C(Nc1ccc(C(=O)CCC(C)CC)c(C)c1)C(C)=N/C=C(\C)c1ccc(C)c(F)c1F. The summed E-state index contributed by atoms with van der Waals surface area (Å²) < 4.78 is 28.3. The van der Waals surface area contributed by atoms with Gasteiger partial charge in [0.25, 0.3) is 0 Å². The van der Waals surface area contributed by atoms with Gasteiger partial charge in [0, 0.05) is 35.6 Å².